The zero-order chi connectivity index (χ0) is 16.1. The van der Waals surface area contributed by atoms with Crippen LogP contribution in [0.1, 0.15) is 42.6 Å². The molecule has 1 saturated carbocycles. The van der Waals surface area contributed by atoms with Crippen molar-refractivity contribution in [3.05, 3.63) is 48.2 Å². The first kappa shape index (κ1) is 15.4. The number of rotatable bonds is 4. The van der Waals surface area contributed by atoms with Crippen molar-refractivity contribution in [3.8, 4) is 0 Å². The van der Waals surface area contributed by atoms with Crippen LogP contribution in [0.2, 0.25) is 0 Å². The van der Waals surface area contributed by atoms with Gasteiger partial charge in [0.1, 0.15) is 17.3 Å². The number of hydrogen-bond acceptors (Lipinski definition) is 4. The maximum Gasteiger partial charge on any atom is 0.271 e. The Balaban J connectivity index is 1.62. The molecule has 1 aliphatic rings. The summed E-state index contributed by atoms with van der Waals surface area (Å²) in [7, 11) is 0. The van der Waals surface area contributed by atoms with Crippen molar-refractivity contribution in [2.75, 3.05) is 5.32 Å². The third-order valence-corrected chi connectivity index (χ3v) is 3.96. The molecule has 1 heterocycles. The second-order valence-electron chi connectivity index (χ2n) is 5.70. The first-order valence-corrected chi connectivity index (χ1v) is 7.87. The molecule has 0 unspecified atom stereocenters. The van der Waals surface area contributed by atoms with E-state index in [1.165, 1.54) is 24.9 Å². The number of para-hydroxylation sites is 1. The summed E-state index contributed by atoms with van der Waals surface area (Å²) in [5.74, 6) is -0.181. The number of carbonyl (C=O) groups is 1. The summed E-state index contributed by atoms with van der Waals surface area (Å²) >= 11 is 0. The van der Waals surface area contributed by atoms with E-state index in [0.717, 1.165) is 25.7 Å². The smallest absolute Gasteiger partial charge is 0.271 e. The molecule has 23 heavy (non-hydrogen) atoms. The van der Waals surface area contributed by atoms with Crippen LogP contribution in [0.5, 0.6) is 0 Å². The number of benzene rings is 1. The highest BCUT2D eigenvalue weighted by molar-refractivity contribution is 5.92. The molecule has 0 radical (unpaired) electrons. The molecule has 1 fully saturated rings. The van der Waals surface area contributed by atoms with Crippen LogP contribution in [0.25, 0.3) is 0 Å². The first-order chi connectivity index (χ1) is 11.2. The number of hydrogen-bond donors (Lipinski definition) is 2. The SMILES string of the molecule is O=C(NC1CCCCC1)c1cnc(Nc2ccccc2F)cn1. The Labute approximate surface area is 134 Å². The summed E-state index contributed by atoms with van der Waals surface area (Å²) < 4.78 is 13.6. The van der Waals surface area contributed by atoms with Gasteiger partial charge in [-0.2, -0.15) is 0 Å². The minimum absolute atomic E-state index is 0.207. The molecule has 0 bridgehead atoms. The highest BCUT2D eigenvalue weighted by Gasteiger charge is 2.17. The highest BCUT2D eigenvalue weighted by atomic mass is 19.1. The lowest BCUT2D eigenvalue weighted by atomic mass is 9.95. The van der Waals surface area contributed by atoms with E-state index in [0.29, 0.717) is 11.5 Å². The molecule has 1 amide bonds. The van der Waals surface area contributed by atoms with Crippen molar-refractivity contribution in [2.45, 2.75) is 38.1 Å². The van der Waals surface area contributed by atoms with Gasteiger partial charge in [-0.25, -0.2) is 14.4 Å². The summed E-state index contributed by atoms with van der Waals surface area (Å²) in [6.07, 6.45) is 8.43. The Morgan fingerprint density at radius 3 is 2.57 bits per heavy atom. The minimum Gasteiger partial charge on any atom is -0.348 e. The fourth-order valence-electron chi connectivity index (χ4n) is 2.72. The largest absolute Gasteiger partial charge is 0.348 e. The van der Waals surface area contributed by atoms with E-state index in [1.807, 2.05) is 0 Å². The van der Waals surface area contributed by atoms with Gasteiger partial charge < -0.3 is 10.6 Å². The predicted octanol–water partition coefficient (Wildman–Crippen LogP) is 3.42. The van der Waals surface area contributed by atoms with Crippen LogP contribution in [-0.2, 0) is 0 Å². The topological polar surface area (TPSA) is 66.9 Å². The number of amides is 1. The molecule has 2 aromatic rings. The molecule has 1 aliphatic carbocycles. The van der Waals surface area contributed by atoms with Crippen LogP contribution in [0.3, 0.4) is 0 Å². The third kappa shape index (κ3) is 4.03. The van der Waals surface area contributed by atoms with Crippen LogP contribution < -0.4 is 10.6 Å². The Hall–Kier alpha value is -2.50. The van der Waals surface area contributed by atoms with Gasteiger partial charge in [-0.1, -0.05) is 31.4 Å². The molecule has 5 nitrogen and oxygen atoms in total. The maximum absolute atomic E-state index is 13.6. The summed E-state index contributed by atoms with van der Waals surface area (Å²) in [5, 5.41) is 5.83. The quantitative estimate of drug-likeness (QED) is 0.907. The van der Waals surface area contributed by atoms with Gasteiger partial charge in [-0.3, -0.25) is 4.79 Å². The summed E-state index contributed by atoms with van der Waals surface area (Å²) in [4.78, 5) is 20.4. The van der Waals surface area contributed by atoms with Gasteiger partial charge >= 0.3 is 0 Å². The normalized spacial score (nSPS) is 15.2. The van der Waals surface area contributed by atoms with Crippen LogP contribution in [-0.4, -0.2) is 21.9 Å². The van der Waals surface area contributed by atoms with Gasteiger partial charge in [0.15, 0.2) is 0 Å². The van der Waals surface area contributed by atoms with Crippen molar-refractivity contribution < 1.29 is 9.18 Å². The minimum atomic E-state index is -0.367. The van der Waals surface area contributed by atoms with E-state index in [9.17, 15) is 9.18 Å². The third-order valence-electron chi connectivity index (χ3n) is 3.96. The molecule has 3 rings (SSSR count). The Bertz CT molecular complexity index is 669. The van der Waals surface area contributed by atoms with Crippen molar-refractivity contribution in [1.82, 2.24) is 15.3 Å². The molecule has 0 saturated heterocycles. The Morgan fingerprint density at radius 2 is 1.87 bits per heavy atom. The molecular weight excluding hydrogens is 295 g/mol. The van der Waals surface area contributed by atoms with E-state index in [2.05, 4.69) is 20.6 Å². The molecule has 6 heteroatoms. The van der Waals surface area contributed by atoms with Crippen molar-refractivity contribution >= 4 is 17.4 Å². The Morgan fingerprint density at radius 1 is 1.09 bits per heavy atom. The van der Waals surface area contributed by atoms with E-state index in [1.54, 1.807) is 18.2 Å². The molecular formula is C17H19FN4O. The van der Waals surface area contributed by atoms with Crippen molar-refractivity contribution in [3.63, 3.8) is 0 Å². The maximum atomic E-state index is 13.6. The van der Waals surface area contributed by atoms with Gasteiger partial charge in [0.25, 0.3) is 5.91 Å². The van der Waals surface area contributed by atoms with Crippen LogP contribution in [0, 0.1) is 5.82 Å². The van der Waals surface area contributed by atoms with Gasteiger partial charge in [-0.15, -0.1) is 0 Å². The molecule has 1 aromatic carbocycles. The summed E-state index contributed by atoms with van der Waals surface area (Å²) in [6.45, 7) is 0. The molecule has 0 spiro atoms. The van der Waals surface area contributed by atoms with E-state index in [4.69, 9.17) is 0 Å². The number of halogens is 1. The first-order valence-electron chi connectivity index (χ1n) is 7.87. The van der Waals surface area contributed by atoms with Crippen molar-refractivity contribution in [2.24, 2.45) is 0 Å². The number of aromatic nitrogens is 2. The van der Waals surface area contributed by atoms with Crippen LogP contribution >= 0.6 is 0 Å². The molecule has 120 valence electrons. The van der Waals surface area contributed by atoms with E-state index in [-0.39, 0.29) is 23.5 Å². The van der Waals surface area contributed by atoms with Gasteiger partial charge in [0.05, 0.1) is 18.1 Å². The molecule has 1 aromatic heterocycles. The zero-order valence-corrected chi connectivity index (χ0v) is 12.8. The van der Waals surface area contributed by atoms with Gasteiger partial charge in [0, 0.05) is 6.04 Å². The van der Waals surface area contributed by atoms with Gasteiger partial charge in [-0.05, 0) is 25.0 Å². The number of carbonyl (C=O) groups excluding carboxylic acids is 1. The standard InChI is InChI=1S/C17H19FN4O/c18-13-8-4-5-9-14(13)22-16-11-19-15(10-20-16)17(23)21-12-6-2-1-3-7-12/h4-5,8-12H,1-3,6-7H2,(H,20,22)(H,21,23). The molecule has 0 aliphatic heterocycles. The molecule has 0 atom stereocenters. The molecule has 2 N–H and O–H groups in total. The number of anilines is 2. The van der Waals surface area contributed by atoms with Gasteiger partial charge in [0.2, 0.25) is 0 Å². The van der Waals surface area contributed by atoms with Crippen LogP contribution in [0.15, 0.2) is 36.7 Å². The average molecular weight is 314 g/mol. The summed E-state index contributed by atoms with van der Waals surface area (Å²) in [5.41, 5.74) is 0.593. The average Bonchev–Trinajstić information content (AvgIpc) is 2.58. The summed E-state index contributed by atoms with van der Waals surface area (Å²) in [6, 6.07) is 6.55. The highest BCUT2D eigenvalue weighted by Crippen LogP contribution is 2.19. The fourth-order valence-corrected chi connectivity index (χ4v) is 2.72. The van der Waals surface area contributed by atoms with E-state index >= 15 is 0 Å². The second-order valence-corrected chi connectivity index (χ2v) is 5.70. The second kappa shape index (κ2) is 7.17. The Kier molecular flexibility index (Phi) is 4.80. The van der Waals surface area contributed by atoms with E-state index < -0.39 is 0 Å². The van der Waals surface area contributed by atoms with Crippen LogP contribution in [0.4, 0.5) is 15.9 Å². The monoisotopic (exact) mass is 314 g/mol. The fraction of sp³-hybridized carbons (Fsp3) is 0.353. The lowest BCUT2D eigenvalue weighted by Gasteiger charge is -2.22. The number of nitrogens with zero attached hydrogens (tertiary/aromatic N) is 2. The lowest BCUT2D eigenvalue weighted by molar-refractivity contribution is 0.0922. The van der Waals surface area contributed by atoms with Crippen molar-refractivity contribution in [1.29, 1.82) is 0 Å². The zero-order valence-electron chi connectivity index (χ0n) is 12.8. The number of nitrogens with one attached hydrogen (secondary N) is 2. The predicted molar refractivity (Wildman–Crippen MR) is 86.1 cm³/mol. The lowest BCUT2D eigenvalue weighted by Crippen LogP contribution is -2.36.